The van der Waals surface area contributed by atoms with Crippen LogP contribution in [-0.2, 0) is 19.1 Å². The standard InChI is InChI=1S/C16H28N4O5/c1-5-11(6-2)25-13-8-10(16(23)24)7-12(14(13)18-9(3)21)15(22)19-20-17-4/h8,11-14,17,20H,5-7H2,1-4H3,(H,18,21)(H,19,22)(H,23,24)/t12-,13+,14+/m0/s1. The number of aliphatic carboxylic acids is 1. The Bertz CT molecular complexity index is 519. The summed E-state index contributed by atoms with van der Waals surface area (Å²) in [7, 11) is 1.58. The van der Waals surface area contributed by atoms with E-state index in [1.165, 1.54) is 13.0 Å². The van der Waals surface area contributed by atoms with Crippen molar-refractivity contribution in [3.8, 4) is 0 Å². The molecule has 0 aromatic rings. The summed E-state index contributed by atoms with van der Waals surface area (Å²) in [5, 5.41) is 12.1. The zero-order chi connectivity index (χ0) is 19.0. The van der Waals surface area contributed by atoms with E-state index in [2.05, 4.69) is 21.7 Å². The molecule has 0 aliphatic heterocycles. The van der Waals surface area contributed by atoms with E-state index in [0.29, 0.717) is 0 Å². The average molecular weight is 356 g/mol. The Morgan fingerprint density at radius 1 is 1.32 bits per heavy atom. The van der Waals surface area contributed by atoms with Crippen LogP contribution in [0.25, 0.3) is 0 Å². The lowest BCUT2D eigenvalue weighted by atomic mass is 9.81. The molecule has 0 aromatic carbocycles. The van der Waals surface area contributed by atoms with Crippen LogP contribution < -0.4 is 21.7 Å². The number of carboxylic acid groups (broad SMARTS) is 1. The van der Waals surface area contributed by atoms with Crippen molar-refractivity contribution >= 4 is 17.8 Å². The number of carbonyl (C=O) groups is 3. The van der Waals surface area contributed by atoms with Crippen LogP contribution in [0.4, 0.5) is 0 Å². The molecule has 0 saturated heterocycles. The van der Waals surface area contributed by atoms with Gasteiger partial charge in [-0.3, -0.25) is 15.0 Å². The summed E-state index contributed by atoms with van der Waals surface area (Å²) in [4.78, 5) is 35.5. The third-order valence-electron chi connectivity index (χ3n) is 4.15. The van der Waals surface area contributed by atoms with Gasteiger partial charge in [-0.25, -0.2) is 10.2 Å². The number of rotatable bonds is 9. The van der Waals surface area contributed by atoms with Crippen LogP contribution in [0.2, 0.25) is 0 Å². The molecule has 3 atom stereocenters. The van der Waals surface area contributed by atoms with Gasteiger partial charge in [-0.15, -0.1) is 0 Å². The van der Waals surface area contributed by atoms with Gasteiger partial charge in [0.25, 0.3) is 0 Å². The predicted molar refractivity (Wildman–Crippen MR) is 91.0 cm³/mol. The number of ether oxygens (including phenoxy) is 1. The fourth-order valence-electron chi connectivity index (χ4n) is 2.84. The minimum absolute atomic E-state index is 0.000282. The van der Waals surface area contributed by atoms with Gasteiger partial charge in [-0.05, 0) is 25.3 Å². The zero-order valence-corrected chi connectivity index (χ0v) is 15.1. The first kappa shape index (κ1) is 21.1. The van der Waals surface area contributed by atoms with Crippen molar-refractivity contribution in [1.82, 2.24) is 21.7 Å². The zero-order valence-electron chi connectivity index (χ0n) is 15.1. The van der Waals surface area contributed by atoms with Gasteiger partial charge >= 0.3 is 5.97 Å². The molecule has 9 heteroatoms. The van der Waals surface area contributed by atoms with Crippen LogP contribution in [0.3, 0.4) is 0 Å². The maximum absolute atomic E-state index is 12.4. The Morgan fingerprint density at radius 3 is 2.44 bits per heavy atom. The van der Waals surface area contributed by atoms with Gasteiger partial charge in [0.05, 0.1) is 24.2 Å². The smallest absolute Gasteiger partial charge is 0.331 e. The van der Waals surface area contributed by atoms with Crippen molar-refractivity contribution in [1.29, 1.82) is 0 Å². The molecule has 0 spiro atoms. The first-order chi connectivity index (χ1) is 11.8. The topological polar surface area (TPSA) is 129 Å². The van der Waals surface area contributed by atoms with E-state index in [1.54, 1.807) is 7.05 Å². The Kier molecular flexibility index (Phi) is 8.53. The lowest BCUT2D eigenvalue weighted by Crippen LogP contribution is -2.58. The number of amides is 2. The molecular formula is C16H28N4O5. The predicted octanol–water partition coefficient (Wildman–Crippen LogP) is -0.149. The van der Waals surface area contributed by atoms with E-state index in [0.717, 1.165) is 12.8 Å². The van der Waals surface area contributed by atoms with Crippen molar-refractivity contribution in [3.05, 3.63) is 11.6 Å². The fraction of sp³-hybridized carbons (Fsp3) is 0.688. The molecule has 1 aliphatic carbocycles. The van der Waals surface area contributed by atoms with Crippen molar-refractivity contribution in [2.75, 3.05) is 7.05 Å². The summed E-state index contributed by atoms with van der Waals surface area (Å²) >= 11 is 0. The molecule has 0 aromatic heterocycles. The number of hydrogen-bond donors (Lipinski definition) is 5. The molecule has 9 nitrogen and oxygen atoms in total. The first-order valence-electron chi connectivity index (χ1n) is 8.42. The minimum Gasteiger partial charge on any atom is -0.478 e. The van der Waals surface area contributed by atoms with Crippen LogP contribution in [0, 0.1) is 5.92 Å². The number of nitrogens with one attached hydrogen (secondary N) is 4. The summed E-state index contributed by atoms with van der Waals surface area (Å²) in [6.07, 6.45) is 2.20. The number of hydrazine groups is 2. The maximum atomic E-state index is 12.4. The highest BCUT2D eigenvalue weighted by atomic mass is 16.5. The molecule has 1 aliphatic rings. The third-order valence-corrected chi connectivity index (χ3v) is 4.15. The highest BCUT2D eigenvalue weighted by Crippen LogP contribution is 2.29. The molecule has 0 fully saturated rings. The van der Waals surface area contributed by atoms with Crippen LogP contribution in [0.5, 0.6) is 0 Å². The minimum atomic E-state index is -1.10. The quantitative estimate of drug-likeness (QED) is 0.363. The summed E-state index contributed by atoms with van der Waals surface area (Å²) in [6, 6.07) is -0.653. The first-order valence-corrected chi connectivity index (χ1v) is 8.42. The monoisotopic (exact) mass is 356 g/mol. The number of carbonyl (C=O) groups excluding carboxylic acids is 2. The second-order valence-electron chi connectivity index (χ2n) is 5.94. The van der Waals surface area contributed by atoms with Crippen molar-refractivity contribution in [2.45, 2.75) is 58.3 Å². The van der Waals surface area contributed by atoms with E-state index in [1.807, 2.05) is 13.8 Å². The normalized spacial score (nSPS) is 23.1. The van der Waals surface area contributed by atoms with E-state index < -0.39 is 29.9 Å². The molecule has 1 rings (SSSR count). The van der Waals surface area contributed by atoms with Crippen LogP contribution in [0.15, 0.2) is 11.6 Å². The molecule has 0 unspecified atom stereocenters. The SMILES string of the molecule is CCC(CC)O[C@@H]1C=C(C(=O)O)C[C@H](C(=O)NNNC)[C@H]1NC(C)=O. The summed E-state index contributed by atoms with van der Waals surface area (Å²) in [5.41, 5.74) is 7.57. The number of hydrogen-bond acceptors (Lipinski definition) is 6. The Morgan fingerprint density at radius 2 is 1.96 bits per heavy atom. The van der Waals surface area contributed by atoms with Crippen LogP contribution in [0.1, 0.15) is 40.0 Å². The van der Waals surface area contributed by atoms with E-state index in [4.69, 9.17) is 4.74 Å². The van der Waals surface area contributed by atoms with Crippen molar-refractivity contribution < 1.29 is 24.2 Å². The van der Waals surface area contributed by atoms with Gasteiger partial charge in [-0.1, -0.05) is 13.8 Å². The Hall–Kier alpha value is -1.97. The molecule has 5 N–H and O–H groups in total. The van der Waals surface area contributed by atoms with E-state index >= 15 is 0 Å². The maximum Gasteiger partial charge on any atom is 0.331 e. The summed E-state index contributed by atoms with van der Waals surface area (Å²) in [6.45, 7) is 5.28. The van der Waals surface area contributed by atoms with Crippen molar-refractivity contribution in [2.24, 2.45) is 5.92 Å². The van der Waals surface area contributed by atoms with Crippen LogP contribution >= 0.6 is 0 Å². The molecule has 0 radical (unpaired) electrons. The molecule has 142 valence electrons. The van der Waals surface area contributed by atoms with E-state index in [9.17, 15) is 19.5 Å². The lowest BCUT2D eigenvalue weighted by molar-refractivity contribution is -0.135. The van der Waals surface area contributed by atoms with Gasteiger partial charge in [0.15, 0.2) is 0 Å². The number of carboxylic acids is 1. The summed E-state index contributed by atoms with van der Waals surface area (Å²) in [5.74, 6) is -2.62. The van der Waals surface area contributed by atoms with Gasteiger partial charge < -0.3 is 15.2 Å². The largest absolute Gasteiger partial charge is 0.478 e. The van der Waals surface area contributed by atoms with Crippen molar-refractivity contribution in [3.63, 3.8) is 0 Å². The van der Waals surface area contributed by atoms with Crippen LogP contribution in [-0.4, -0.2) is 48.2 Å². The third kappa shape index (κ3) is 6.11. The highest BCUT2D eigenvalue weighted by Gasteiger charge is 2.41. The molecule has 0 saturated carbocycles. The second-order valence-corrected chi connectivity index (χ2v) is 5.94. The van der Waals surface area contributed by atoms with Gasteiger partial charge in [0, 0.05) is 19.5 Å². The molecular weight excluding hydrogens is 328 g/mol. The van der Waals surface area contributed by atoms with Gasteiger partial charge in [0.2, 0.25) is 11.8 Å². The van der Waals surface area contributed by atoms with Gasteiger partial charge in [-0.2, -0.15) is 5.53 Å². The Balaban J connectivity index is 3.16. The molecule has 25 heavy (non-hydrogen) atoms. The molecule has 0 bridgehead atoms. The Labute approximate surface area is 147 Å². The highest BCUT2D eigenvalue weighted by molar-refractivity contribution is 5.90. The van der Waals surface area contributed by atoms with Gasteiger partial charge in [0.1, 0.15) is 0 Å². The second kappa shape index (κ2) is 10.1. The summed E-state index contributed by atoms with van der Waals surface area (Å²) < 4.78 is 6.00. The lowest BCUT2D eigenvalue weighted by Gasteiger charge is -2.37. The fourth-order valence-corrected chi connectivity index (χ4v) is 2.84. The molecule has 0 heterocycles. The molecule has 2 amide bonds. The van der Waals surface area contributed by atoms with E-state index in [-0.39, 0.29) is 24.0 Å². The average Bonchev–Trinajstić information content (AvgIpc) is 2.57.